The van der Waals surface area contributed by atoms with Crippen molar-refractivity contribution in [1.82, 2.24) is 4.90 Å². The highest BCUT2D eigenvalue weighted by atomic mass is 16.5. The second-order valence-corrected chi connectivity index (χ2v) is 3.36. The van der Waals surface area contributed by atoms with Crippen LogP contribution >= 0.6 is 0 Å². The molecular weight excluding hydrogens is 154 g/mol. The molecule has 1 N–H and O–H groups in total. The lowest BCUT2D eigenvalue weighted by atomic mass is 10.1. The van der Waals surface area contributed by atoms with E-state index >= 15 is 0 Å². The van der Waals surface area contributed by atoms with Crippen LogP contribution in [-0.2, 0) is 4.74 Å². The zero-order valence-corrected chi connectivity index (χ0v) is 7.83. The van der Waals surface area contributed by atoms with Crippen LogP contribution in [0.4, 0.5) is 0 Å². The van der Waals surface area contributed by atoms with Crippen LogP contribution in [0.5, 0.6) is 0 Å². The Morgan fingerprint density at radius 3 is 2.83 bits per heavy atom. The number of ether oxygens (including phenoxy) is 1. The molecule has 0 radical (unpaired) electrons. The molecule has 1 rings (SSSR count). The van der Waals surface area contributed by atoms with Gasteiger partial charge in [-0.15, -0.1) is 0 Å². The molecule has 1 saturated heterocycles. The molecular formula is C9H19NO2. The van der Waals surface area contributed by atoms with Gasteiger partial charge in [-0.1, -0.05) is 0 Å². The van der Waals surface area contributed by atoms with E-state index in [2.05, 4.69) is 11.8 Å². The maximum absolute atomic E-state index is 8.44. The van der Waals surface area contributed by atoms with E-state index < -0.39 is 0 Å². The maximum Gasteiger partial charge on any atom is 0.0697 e. The third-order valence-electron chi connectivity index (χ3n) is 2.43. The Bertz CT molecular complexity index is 119. The molecule has 3 nitrogen and oxygen atoms in total. The van der Waals surface area contributed by atoms with Gasteiger partial charge in [0, 0.05) is 19.2 Å². The van der Waals surface area contributed by atoms with Crippen molar-refractivity contribution in [3.63, 3.8) is 0 Å². The minimum absolute atomic E-state index is 0.139. The van der Waals surface area contributed by atoms with E-state index in [0.717, 1.165) is 25.6 Å². The summed E-state index contributed by atoms with van der Waals surface area (Å²) in [4.78, 5) is 2.46. The lowest BCUT2D eigenvalue weighted by Gasteiger charge is -2.38. The van der Waals surface area contributed by atoms with E-state index in [-0.39, 0.29) is 6.61 Å². The van der Waals surface area contributed by atoms with Crippen molar-refractivity contribution in [2.45, 2.75) is 25.8 Å². The first kappa shape index (κ1) is 9.96. The van der Waals surface area contributed by atoms with Crippen LogP contribution in [0, 0.1) is 0 Å². The van der Waals surface area contributed by atoms with Crippen LogP contribution in [0.2, 0.25) is 0 Å². The summed E-state index contributed by atoms with van der Waals surface area (Å²) >= 11 is 0. The number of hydrogen-bond donors (Lipinski definition) is 1. The summed E-state index contributed by atoms with van der Waals surface area (Å²) in [6.45, 7) is 6.06. The number of likely N-dealkylation sites (tertiary alicyclic amines) is 1. The van der Waals surface area contributed by atoms with Gasteiger partial charge in [-0.2, -0.15) is 0 Å². The molecule has 0 aromatic carbocycles. The minimum atomic E-state index is 0.139. The largest absolute Gasteiger partial charge is 0.394 e. The predicted molar refractivity (Wildman–Crippen MR) is 48.2 cm³/mol. The summed E-state index contributed by atoms with van der Waals surface area (Å²) < 4.78 is 5.16. The molecule has 1 aliphatic heterocycles. The van der Waals surface area contributed by atoms with E-state index in [1.54, 1.807) is 0 Å². The SMILES string of the molecule is CC1CCN1CCCOCCO. The van der Waals surface area contributed by atoms with Crippen molar-refractivity contribution in [3.05, 3.63) is 0 Å². The van der Waals surface area contributed by atoms with Crippen LogP contribution in [0.25, 0.3) is 0 Å². The fourth-order valence-corrected chi connectivity index (χ4v) is 1.44. The second-order valence-electron chi connectivity index (χ2n) is 3.36. The van der Waals surface area contributed by atoms with Gasteiger partial charge in [0.15, 0.2) is 0 Å². The summed E-state index contributed by atoms with van der Waals surface area (Å²) in [7, 11) is 0. The van der Waals surface area contributed by atoms with Gasteiger partial charge in [-0.3, -0.25) is 0 Å². The normalized spacial score (nSPS) is 24.0. The van der Waals surface area contributed by atoms with Crippen molar-refractivity contribution >= 4 is 0 Å². The Balaban J connectivity index is 1.82. The molecule has 1 heterocycles. The van der Waals surface area contributed by atoms with E-state index in [0.29, 0.717) is 6.61 Å². The predicted octanol–water partition coefficient (Wildman–Crippen LogP) is 0.480. The van der Waals surface area contributed by atoms with E-state index in [1.165, 1.54) is 13.0 Å². The molecule has 1 unspecified atom stereocenters. The lowest BCUT2D eigenvalue weighted by Crippen LogP contribution is -2.46. The Morgan fingerprint density at radius 1 is 1.50 bits per heavy atom. The van der Waals surface area contributed by atoms with Gasteiger partial charge in [0.1, 0.15) is 0 Å². The standard InChI is InChI=1S/C9H19NO2/c1-9-3-5-10(9)4-2-7-12-8-6-11/h9,11H,2-8H2,1H3. The van der Waals surface area contributed by atoms with Crippen LogP contribution < -0.4 is 0 Å². The molecule has 0 saturated carbocycles. The average molecular weight is 173 g/mol. The summed E-state index contributed by atoms with van der Waals surface area (Å²) in [6, 6.07) is 0.780. The summed E-state index contributed by atoms with van der Waals surface area (Å²) in [5.74, 6) is 0. The van der Waals surface area contributed by atoms with Crippen molar-refractivity contribution in [1.29, 1.82) is 0 Å². The van der Waals surface area contributed by atoms with Gasteiger partial charge in [0.25, 0.3) is 0 Å². The first-order valence-corrected chi connectivity index (χ1v) is 4.77. The maximum atomic E-state index is 8.44. The van der Waals surface area contributed by atoms with Crippen LogP contribution in [0.15, 0.2) is 0 Å². The highest BCUT2D eigenvalue weighted by Crippen LogP contribution is 2.15. The zero-order valence-electron chi connectivity index (χ0n) is 7.83. The Labute approximate surface area is 74.3 Å². The molecule has 0 aliphatic carbocycles. The van der Waals surface area contributed by atoms with Crippen LogP contribution in [0.3, 0.4) is 0 Å². The fourth-order valence-electron chi connectivity index (χ4n) is 1.44. The highest BCUT2D eigenvalue weighted by Gasteiger charge is 2.21. The van der Waals surface area contributed by atoms with E-state index in [4.69, 9.17) is 9.84 Å². The van der Waals surface area contributed by atoms with Gasteiger partial charge in [0.2, 0.25) is 0 Å². The van der Waals surface area contributed by atoms with Gasteiger partial charge >= 0.3 is 0 Å². The Morgan fingerprint density at radius 2 is 2.33 bits per heavy atom. The first-order valence-electron chi connectivity index (χ1n) is 4.77. The Kier molecular flexibility index (Phi) is 4.58. The number of hydrogen-bond acceptors (Lipinski definition) is 3. The third kappa shape index (κ3) is 3.09. The highest BCUT2D eigenvalue weighted by molar-refractivity contribution is 4.77. The number of aliphatic hydroxyl groups is 1. The summed E-state index contributed by atoms with van der Waals surface area (Å²) in [5.41, 5.74) is 0. The number of nitrogens with zero attached hydrogens (tertiary/aromatic N) is 1. The average Bonchev–Trinajstić information content (AvgIpc) is 2.08. The van der Waals surface area contributed by atoms with Crippen LogP contribution in [0.1, 0.15) is 19.8 Å². The molecule has 1 fully saturated rings. The molecule has 0 amide bonds. The fraction of sp³-hybridized carbons (Fsp3) is 1.00. The van der Waals surface area contributed by atoms with E-state index in [1.807, 2.05) is 0 Å². The van der Waals surface area contributed by atoms with Gasteiger partial charge in [-0.05, 0) is 26.3 Å². The molecule has 1 atom stereocenters. The van der Waals surface area contributed by atoms with Crippen molar-refractivity contribution < 1.29 is 9.84 Å². The van der Waals surface area contributed by atoms with Crippen LogP contribution in [-0.4, -0.2) is 49.0 Å². The topological polar surface area (TPSA) is 32.7 Å². The molecule has 3 heteroatoms. The summed E-state index contributed by atoms with van der Waals surface area (Å²) in [5, 5.41) is 8.44. The third-order valence-corrected chi connectivity index (χ3v) is 2.43. The van der Waals surface area contributed by atoms with E-state index in [9.17, 15) is 0 Å². The molecule has 0 aromatic heterocycles. The molecule has 0 bridgehead atoms. The van der Waals surface area contributed by atoms with Crippen molar-refractivity contribution in [3.8, 4) is 0 Å². The first-order chi connectivity index (χ1) is 5.84. The molecule has 0 aromatic rings. The minimum Gasteiger partial charge on any atom is -0.394 e. The smallest absolute Gasteiger partial charge is 0.0697 e. The molecule has 0 spiro atoms. The van der Waals surface area contributed by atoms with Gasteiger partial charge < -0.3 is 14.7 Å². The van der Waals surface area contributed by atoms with Gasteiger partial charge in [-0.25, -0.2) is 0 Å². The quantitative estimate of drug-likeness (QED) is 0.593. The second kappa shape index (κ2) is 5.51. The summed E-state index contributed by atoms with van der Waals surface area (Å²) in [6.07, 6.45) is 2.43. The number of aliphatic hydroxyl groups excluding tert-OH is 1. The lowest BCUT2D eigenvalue weighted by molar-refractivity contribution is 0.0620. The monoisotopic (exact) mass is 173 g/mol. The number of rotatable bonds is 6. The zero-order chi connectivity index (χ0) is 8.81. The van der Waals surface area contributed by atoms with Crippen molar-refractivity contribution in [2.75, 3.05) is 32.9 Å². The Hall–Kier alpha value is -0.120. The molecule has 1 aliphatic rings. The van der Waals surface area contributed by atoms with Crippen molar-refractivity contribution in [2.24, 2.45) is 0 Å². The molecule has 72 valence electrons. The molecule has 12 heavy (non-hydrogen) atoms. The van der Waals surface area contributed by atoms with Gasteiger partial charge in [0.05, 0.1) is 13.2 Å².